The second kappa shape index (κ2) is 8.73. The topological polar surface area (TPSA) is 88.7 Å². The van der Waals surface area contributed by atoms with E-state index in [4.69, 9.17) is 9.47 Å². The van der Waals surface area contributed by atoms with Crippen LogP contribution >= 0.6 is 0 Å². The number of methoxy groups -OCH3 is 2. The molecule has 1 fully saturated rings. The minimum Gasteiger partial charge on any atom is -0.497 e. The van der Waals surface area contributed by atoms with Crippen LogP contribution in [0, 0.1) is 12.8 Å². The number of carbonyl (C=O) groups excluding carboxylic acids is 3. The summed E-state index contributed by atoms with van der Waals surface area (Å²) in [6.45, 7) is 5.15. The summed E-state index contributed by atoms with van der Waals surface area (Å²) in [4.78, 5) is 42.5. The summed E-state index contributed by atoms with van der Waals surface area (Å²) in [7, 11) is 2.88. The maximum absolute atomic E-state index is 13.4. The van der Waals surface area contributed by atoms with Crippen LogP contribution in [0.25, 0.3) is 0 Å². The van der Waals surface area contributed by atoms with Gasteiger partial charge < -0.3 is 19.4 Å². The van der Waals surface area contributed by atoms with Gasteiger partial charge in [0.25, 0.3) is 0 Å². The van der Waals surface area contributed by atoms with E-state index < -0.39 is 5.97 Å². The van der Waals surface area contributed by atoms with Gasteiger partial charge in [-0.3, -0.25) is 9.59 Å². The van der Waals surface area contributed by atoms with Gasteiger partial charge in [-0.2, -0.15) is 0 Å². The molecule has 0 aliphatic heterocycles. The molecule has 1 aliphatic rings. The first-order chi connectivity index (χ1) is 14.3. The zero-order valence-electron chi connectivity index (χ0n) is 18.1. The number of aromatic amines is 1. The Morgan fingerprint density at radius 2 is 1.80 bits per heavy atom. The fourth-order valence-electron chi connectivity index (χ4n) is 3.90. The standard InChI is InChI=1S/C23H28N2O5/c1-13-21(23(28)30-5)19(24-22(13)15(3)26)12-20(27)25(14(2)16-6-7-16)17-8-10-18(29-4)11-9-17/h8-11,14,16,24H,6-7,12H2,1-5H3. The first-order valence-corrected chi connectivity index (χ1v) is 10.0. The number of amides is 1. The maximum Gasteiger partial charge on any atom is 0.339 e. The van der Waals surface area contributed by atoms with E-state index in [-0.39, 0.29) is 29.7 Å². The van der Waals surface area contributed by atoms with Gasteiger partial charge in [0, 0.05) is 24.3 Å². The Hall–Kier alpha value is -3.09. The third-order valence-corrected chi connectivity index (χ3v) is 5.73. The fraction of sp³-hybridized carbons (Fsp3) is 0.435. The molecule has 7 heteroatoms. The van der Waals surface area contributed by atoms with Gasteiger partial charge in [0.1, 0.15) is 5.75 Å². The van der Waals surface area contributed by atoms with Gasteiger partial charge in [-0.1, -0.05) is 0 Å². The van der Waals surface area contributed by atoms with Crippen LogP contribution in [0.5, 0.6) is 5.75 Å². The summed E-state index contributed by atoms with van der Waals surface area (Å²) in [5.74, 6) is 0.250. The Morgan fingerprint density at radius 1 is 1.17 bits per heavy atom. The van der Waals surface area contributed by atoms with Crippen LogP contribution in [0.3, 0.4) is 0 Å². The molecule has 1 aliphatic carbocycles. The molecular formula is C23H28N2O5. The maximum atomic E-state index is 13.4. The molecule has 160 valence electrons. The smallest absolute Gasteiger partial charge is 0.339 e. The minimum absolute atomic E-state index is 0.0239. The summed E-state index contributed by atoms with van der Waals surface area (Å²) in [5.41, 5.74) is 2.25. The van der Waals surface area contributed by atoms with Crippen molar-refractivity contribution in [2.75, 3.05) is 19.1 Å². The molecule has 3 rings (SSSR count). The van der Waals surface area contributed by atoms with Crippen molar-refractivity contribution in [3.05, 3.63) is 46.8 Å². The van der Waals surface area contributed by atoms with Crippen LogP contribution in [0.15, 0.2) is 24.3 Å². The van der Waals surface area contributed by atoms with Crippen LogP contribution < -0.4 is 9.64 Å². The van der Waals surface area contributed by atoms with Gasteiger partial charge in [-0.15, -0.1) is 0 Å². The van der Waals surface area contributed by atoms with Crippen LogP contribution in [0.1, 0.15) is 58.8 Å². The molecule has 7 nitrogen and oxygen atoms in total. The highest BCUT2D eigenvalue weighted by Gasteiger charge is 2.36. The molecule has 0 saturated heterocycles. The molecule has 1 amide bonds. The summed E-state index contributed by atoms with van der Waals surface area (Å²) in [6.07, 6.45) is 2.14. The third-order valence-electron chi connectivity index (χ3n) is 5.73. The second-order valence-electron chi connectivity index (χ2n) is 7.74. The highest BCUT2D eigenvalue weighted by atomic mass is 16.5. The summed E-state index contributed by atoms with van der Waals surface area (Å²) in [6, 6.07) is 7.38. The van der Waals surface area contributed by atoms with Crippen molar-refractivity contribution >= 4 is 23.3 Å². The van der Waals surface area contributed by atoms with Gasteiger partial charge in [0.05, 0.1) is 31.9 Å². The Bertz CT molecular complexity index is 957. The SMILES string of the molecule is COC(=O)c1c(CC(=O)N(c2ccc(OC)cc2)C(C)C2CC2)[nH]c(C(C)=O)c1C. The Kier molecular flexibility index (Phi) is 6.29. The van der Waals surface area contributed by atoms with E-state index in [1.165, 1.54) is 14.0 Å². The Morgan fingerprint density at radius 3 is 2.30 bits per heavy atom. The molecule has 1 N–H and O–H groups in total. The normalized spacial score (nSPS) is 14.2. The highest BCUT2D eigenvalue weighted by molar-refractivity contribution is 6.02. The molecule has 0 radical (unpaired) electrons. The number of carbonyl (C=O) groups is 3. The number of ketones is 1. The molecule has 1 saturated carbocycles. The Labute approximate surface area is 176 Å². The van der Waals surface area contributed by atoms with Crippen LogP contribution in [-0.2, 0) is 16.0 Å². The van der Waals surface area contributed by atoms with Gasteiger partial charge in [-0.25, -0.2) is 4.79 Å². The van der Waals surface area contributed by atoms with Crippen molar-refractivity contribution in [3.8, 4) is 5.75 Å². The number of hydrogen-bond acceptors (Lipinski definition) is 5. The second-order valence-corrected chi connectivity index (χ2v) is 7.74. The lowest BCUT2D eigenvalue weighted by atomic mass is 10.1. The minimum atomic E-state index is -0.565. The molecule has 0 spiro atoms. The number of nitrogens with one attached hydrogen (secondary N) is 1. The number of anilines is 1. The van der Waals surface area contributed by atoms with Crippen LogP contribution in [0.4, 0.5) is 5.69 Å². The zero-order chi connectivity index (χ0) is 22.0. The average molecular weight is 412 g/mol. The van der Waals surface area contributed by atoms with Crippen molar-refractivity contribution in [2.24, 2.45) is 5.92 Å². The molecule has 1 atom stereocenters. The zero-order valence-corrected chi connectivity index (χ0v) is 18.1. The van der Waals surface area contributed by atoms with E-state index in [0.717, 1.165) is 18.5 Å². The lowest BCUT2D eigenvalue weighted by molar-refractivity contribution is -0.118. The molecule has 2 aromatic rings. The lowest BCUT2D eigenvalue weighted by Crippen LogP contribution is -2.41. The van der Waals surface area contributed by atoms with Gasteiger partial charge in [-0.05, 0) is 62.4 Å². The number of ether oxygens (including phenoxy) is 2. The van der Waals surface area contributed by atoms with Crippen LogP contribution in [0.2, 0.25) is 0 Å². The van der Waals surface area contributed by atoms with Gasteiger partial charge in [0.2, 0.25) is 5.91 Å². The summed E-state index contributed by atoms with van der Waals surface area (Å²) >= 11 is 0. The lowest BCUT2D eigenvalue weighted by Gasteiger charge is -2.30. The molecule has 30 heavy (non-hydrogen) atoms. The van der Waals surface area contributed by atoms with Crippen LogP contribution in [-0.4, -0.2) is 42.9 Å². The van der Waals surface area contributed by atoms with Crippen molar-refractivity contribution in [1.82, 2.24) is 4.98 Å². The van der Waals surface area contributed by atoms with E-state index in [1.54, 1.807) is 18.9 Å². The van der Waals surface area contributed by atoms with Gasteiger partial charge in [0.15, 0.2) is 5.78 Å². The predicted molar refractivity (Wildman–Crippen MR) is 113 cm³/mol. The fourth-order valence-corrected chi connectivity index (χ4v) is 3.90. The number of Topliss-reactive ketones (excluding diaryl/α,β-unsaturated/α-hetero) is 1. The van der Waals surface area contributed by atoms with Gasteiger partial charge >= 0.3 is 5.97 Å². The van der Waals surface area contributed by atoms with E-state index in [0.29, 0.717) is 28.6 Å². The highest BCUT2D eigenvalue weighted by Crippen LogP contribution is 2.37. The van der Waals surface area contributed by atoms with Crippen molar-refractivity contribution in [1.29, 1.82) is 0 Å². The number of esters is 1. The van der Waals surface area contributed by atoms with E-state index in [2.05, 4.69) is 4.98 Å². The van der Waals surface area contributed by atoms with E-state index in [9.17, 15) is 14.4 Å². The van der Waals surface area contributed by atoms with E-state index >= 15 is 0 Å². The molecule has 0 bridgehead atoms. The Balaban J connectivity index is 1.96. The molecule has 1 unspecified atom stereocenters. The summed E-state index contributed by atoms with van der Waals surface area (Å²) < 4.78 is 10.1. The monoisotopic (exact) mass is 412 g/mol. The number of rotatable bonds is 8. The first kappa shape index (κ1) is 21.6. The summed E-state index contributed by atoms with van der Waals surface area (Å²) in [5, 5.41) is 0. The number of aromatic nitrogens is 1. The molecule has 1 aromatic heterocycles. The molecular weight excluding hydrogens is 384 g/mol. The number of H-pyrrole nitrogens is 1. The predicted octanol–water partition coefficient (Wildman–Crippen LogP) is 3.70. The van der Waals surface area contributed by atoms with E-state index in [1.807, 2.05) is 31.2 Å². The molecule has 1 heterocycles. The van der Waals surface area contributed by atoms with Crippen molar-refractivity contribution in [3.63, 3.8) is 0 Å². The number of hydrogen-bond donors (Lipinski definition) is 1. The number of nitrogens with zero attached hydrogens (tertiary/aromatic N) is 1. The van der Waals surface area contributed by atoms with Crippen molar-refractivity contribution in [2.45, 2.75) is 46.1 Å². The molecule has 1 aromatic carbocycles. The largest absolute Gasteiger partial charge is 0.497 e. The number of benzene rings is 1. The quantitative estimate of drug-likeness (QED) is 0.528. The first-order valence-electron chi connectivity index (χ1n) is 10.0. The third kappa shape index (κ3) is 4.25. The average Bonchev–Trinajstić information content (AvgIpc) is 3.52. The van der Waals surface area contributed by atoms with Crippen molar-refractivity contribution < 1.29 is 23.9 Å².